The molecular weight excluding hydrogens is 430 g/mol. The summed E-state index contributed by atoms with van der Waals surface area (Å²) in [6.45, 7) is 3.65. The fourth-order valence-electron chi connectivity index (χ4n) is 2.39. The molecule has 1 aromatic heterocycles. The quantitative estimate of drug-likeness (QED) is 0.472. The molecule has 29 heavy (non-hydrogen) atoms. The number of rotatable bonds is 7. The Morgan fingerprint density at radius 2 is 1.79 bits per heavy atom. The van der Waals surface area contributed by atoms with Crippen LogP contribution >= 0.6 is 23.1 Å². The summed E-state index contributed by atoms with van der Waals surface area (Å²) >= 11 is 2.59. The van der Waals surface area contributed by atoms with Crippen molar-refractivity contribution in [2.75, 3.05) is 16.4 Å². The number of nitrogens with one attached hydrogen (secondary N) is 2. The second kappa shape index (κ2) is 8.91. The molecule has 0 unspecified atom stereocenters. The maximum Gasteiger partial charge on any atom is 0.238 e. The van der Waals surface area contributed by atoms with Crippen molar-refractivity contribution >= 4 is 55.5 Å². The van der Waals surface area contributed by atoms with Gasteiger partial charge in [-0.05, 0) is 43.7 Å². The summed E-state index contributed by atoms with van der Waals surface area (Å²) in [5.74, 6) is -0.181. The van der Waals surface area contributed by atoms with Gasteiger partial charge in [0.1, 0.15) is 0 Å². The summed E-state index contributed by atoms with van der Waals surface area (Å²) < 4.78 is 23.8. The van der Waals surface area contributed by atoms with Crippen LogP contribution in [0.4, 0.5) is 16.5 Å². The van der Waals surface area contributed by atoms with Gasteiger partial charge in [-0.1, -0.05) is 46.9 Å². The number of carbonyl (C=O) groups is 1. The van der Waals surface area contributed by atoms with E-state index in [2.05, 4.69) is 20.8 Å². The minimum absolute atomic E-state index is 0.0149. The van der Waals surface area contributed by atoms with Gasteiger partial charge in [-0.3, -0.25) is 4.79 Å². The first-order valence-electron chi connectivity index (χ1n) is 8.44. The minimum atomic E-state index is -3.85. The molecule has 8 nitrogen and oxygen atoms in total. The Morgan fingerprint density at radius 1 is 1.10 bits per heavy atom. The van der Waals surface area contributed by atoms with E-state index in [9.17, 15) is 13.2 Å². The Labute approximate surface area is 177 Å². The maximum absolute atomic E-state index is 12.2. The number of hydrogen-bond donors (Lipinski definition) is 3. The highest BCUT2D eigenvalue weighted by atomic mass is 32.2. The van der Waals surface area contributed by atoms with Crippen molar-refractivity contribution in [2.24, 2.45) is 5.14 Å². The lowest BCUT2D eigenvalue weighted by Gasteiger charge is -2.08. The van der Waals surface area contributed by atoms with Gasteiger partial charge in [0.05, 0.1) is 10.6 Å². The maximum atomic E-state index is 12.2. The monoisotopic (exact) mass is 449 g/mol. The second-order valence-electron chi connectivity index (χ2n) is 6.23. The Bertz CT molecular complexity index is 1130. The standard InChI is InChI=1S/C18H19N5O3S3/c1-11-3-6-13(7-4-11)21-17-22-23-18(28-17)27-10-16(24)20-14-8-5-12(2)15(9-14)29(19,25)26/h3-9H,10H2,1-2H3,(H,20,24)(H,21,22)(H2,19,25,26). The normalized spacial score (nSPS) is 11.3. The molecular formula is C18H19N5O3S3. The zero-order valence-electron chi connectivity index (χ0n) is 15.7. The van der Waals surface area contributed by atoms with Crippen LogP contribution in [0.1, 0.15) is 11.1 Å². The van der Waals surface area contributed by atoms with Gasteiger partial charge in [0.15, 0.2) is 4.34 Å². The van der Waals surface area contributed by atoms with Crippen LogP contribution < -0.4 is 15.8 Å². The fraction of sp³-hybridized carbons (Fsp3) is 0.167. The highest BCUT2D eigenvalue weighted by molar-refractivity contribution is 8.01. The number of benzene rings is 2. The number of primary sulfonamides is 1. The van der Waals surface area contributed by atoms with Crippen LogP contribution in [0, 0.1) is 13.8 Å². The van der Waals surface area contributed by atoms with E-state index in [0.29, 0.717) is 20.7 Å². The van der Waals surface area contributed by atoms with Gasteiger partial charge < -0.3 is 10.6 Å². The molecule has 0 radical (unpaired) electrons. The molecule has 0 aliphatic carbocycles. The van der Waals surface area contributed by atoms with Crippen LogP contribution in [0.3, 0.4) is 0 Å². The predicted molar refractivity (Wildman–Crippen MR) is 116 cm³/mol. The predicted octanol–water partition coefficient (Wildman–Crippen LogP) is 3.28. The number of sulfonamides is 1. The molecule has 0 fully saturated rings. The molecule has 0 aliphatic heterocycles. The van der Waals surface area contributed by atoms with Crippen molar-refractivity contribution in [3.63, 3.8) is 0 Å². The molecule has 152 valence electrons. The first kappa shape index (κ1) is 21.2. The molecule has 11 heteroatoms. The van der Waals surface area contributed by atoms with E-state index >= 15 is 0 Å². The molecule has 1 amide bonds. The summed E-state index contributed by atoms with van der Waals surface area (Å²) in [6, 6.07) is 12.5. The third-order valence-corrected chi connectivity index (χ3v) is 6.84. The molecule has 0 aliphatic rings. The van der Waals surface area contributed by atoms with E-state index in [1.54, 1.807) is 19.1 Å². The van der Waals surface area contributed by atoms with Gasteiger partial charge in [0, 0.05) is 11.4 Å². The number of anilines is 3. The lowest BCUT2D eigenvalue weighted by atomic mass is 10.2. The smallest absolute Gasteiger partial charge is 0.238 e. The number of nitrogens with two attached hydrogens (primary N) is 1. The largest absolute Gasteiger partial charge is 0.330 e. The lowest BCUT2D eigenvalue weighted by molar-refractivity contribution is -0.113. The molecule has 0 atom stereocenters. The summed E-state index contributed by atoms with van der Waals surface area (Å²) in [6.07, 6.45) is 0. The van der Waals surface area contributed by atoms with E-state index in [1.165, 1.54) is 34.7 Å². The summed E-state index contributed by atoms with van der Waals surface area (Å²) in [4.78, 5) is 12.2. The number of aromatic nitrogens is 2. The van der Waals surface area contributed by atoms with E-state index in [0.717, 1.165) is 5.69 Å². The van der Waals surface area contributed by atoms with Gasteiger partial charge in [0.25, 0.3) is 0 Å². The van der Waals surface area contributed by atoms with Crippen molar-refractivity contribution < 1.29 is 13.2 Å². The molecule has 4 N–H and O–H groups in total. The third-order valence-electron chi connectivity index (χ3n) is 3.81. The molecule has 0 saturated heterocycles. The topological polar surface area (TPSA) is 127 Å². The van der Waals surface area contributed by atoms with Gasteiger partial charge in [0.2, 0.25) is 21.1 Å². The van der Waals surface area contributed by atoms with Crippen LogP contribution in [-0.2, 0) is 14.8 Å². The molecule has 0 saturated carbocycles. The molecule has 1 heterocycles. The Kier molecular flexibility index (Phi) is 6.52. The second-order valence-corrected chi connectivity index (χ2v) is 9.96. The first-order chi connectivity index (χ1) is 13.7. The zero-order valence-corrected chi connectivity index (χ0v) is 18.1. The van der Waals surface area contributed by atoms with Crippen molar-refractivity contribution in [2.45, 2.75) is 23.1 Å². The van der Waals surface area contributed by atoms with Crippen LogP contribution in [0.2, 0.25) is 0 Å². The van der Waals surface area contributed by atoms with Crippen molar-refractivity contribution in [3.8, 4) is 0 Å². The molecule has 3 rings (SSSR count). The molecule has 0 spiro atoms. The molecule has 3 aromatic rings. The SMILES string of the molecule is Cc1ccc(Nc2nnc(SCC(=O)Nc3ccc(C)c(S(N)(=O)=O)c3)s2)cc1. The Morgan fingerprint density at radius 3 is 2.48 bits per heavy atom. The van der Waals surface area contributed by atoms with Crippen LogP contribution in [0.25, 0.3) is 0 Å². The Hall–Kier alpha value is -2.47. The number of hydrogen-bond acceptors (Lipinski definition) is 8. The number of amides is 1. The molecule has 2 aromatic carbocycles. The third kappa shape index (κ3) is 6.00. The van der Waals surface area contributed by atoms with Crippen LogP contribution in [0.5, 0.6) is 0 Å². The minimum Gasteiger partial charge on any atom is -0.330 e. The van der Waals surface area contributed by atoms with E-state index < -0.39 is 10.0 Å². The zero-order chi connectivity index (χ0) is 21.0. The highest BCUT2D eigenvalue weighted by Crippen LogP contribution is 2.28. The fourth-order valence-corrected chi connectivity index (χ4v) is 4.77. The summed E-state index contributed by atoms with van der Waals surface area (Å²) in [5, 5.41) is 19.8. The van der Waals surface area contributed by atoms with Gasteiger partial charge in [-0.25, -0.2) is 13.6 Å². The molecule has 0 bridgehead atoms. The van der Waals surface area contributed by atoms with E-state index in [4.69, 9.17) is 5.14 Å². The van der Waals surface area contributed by atoms with Gasteiger partial charge >= 0.3 is 0 Å². The average Bonchev–Trinajstić information content (AvgIpc) is 3.10. The number of aryl methyl sites for hydroxylation is 2. The Balaban J connectivity index is 1.56. The summed E-state index contributed by atoms with van der Waals surface area (Å²) in [7, 11) is -3.85. The van der Waals surface area contributed by atoms with E-state index in [1.807, 2.05) is 31.2 Å². The first-order valence-corrected chi connectivity index (χ1v) is 11.8. The average molecular weight is 450 g/mol. The highest BCUT2D eigenvalue weighted by Gasteiger charge is 2.14. The van der Waals surface area contributed by atoms with Crippen molar-refractivity contribution in [1.29, 1.82) is 0 Å². The van der Waals surface area contributed by atoms with Crippen LogP contribution in [-0.4, -0.2) is 30.3 Å². The number of thioether (sulfide) groups is 1. The summed E-state index contributed by atoms with van der Waals surface area (Å²) in [5.41, 5.74) is 2.96. The van der Waals surface area contributed by atoms with E-state index in [-0.39, 0.29) is 16.6 Å². The van der Waals surface area contributed by atoms with Gasteiger partial charge in [-0.15, -0.1) is 10.2 Å². The number of nitrogens with zero attached hydrogens (tertiary/aromatic N) is 2. The van der Waals surface area contributed by atoms with Crippen LogP contribution in [0.15, 0.2) is 51.7 Å². The number of carbonyl (C=O) groups excluding carboxylic acids is 1. The van der Waals surface area contributed by atoms with Gasteiger partial charge in [-0.2, -0.15) is 0 Å². The lowest BCUT2D eigenvalue weighted by Crippen LogP contribution is -2.17. The van der Waals surface area contributed by atoms with Crippen molar-refractivity contribution in [1.82, 2.24) is 10.2 Å². The van der Waals surface area contributed by atoms with Crippen molar-refractivity contribution in [3.05, 3.63) is 53.6 Å².